The van der Waals surface area contributed by atoms with Gasteiger partial charge in [-0.3, -0.25) is 18.6 Å². The van der Waals surface area contributed by atoms with Gasteiger partial charge in [0.1, 0.15) is 5.69 Å². The van der Waals surface area contributed by atoms with Gasteiger partial charge in [-0.1, -0.05) is 18.2 Å². The molecule has 1 saturated heterocycles. The number of hydrogen-bond donors (Lipinski definition) is 0. The van der Waals surface area contributed by atoms with Gasteiger partial charge in [-0.05, 0) is 31.2 Å². The molecule has 2 aromatic carbocycles. The standard InChI is InChI=1S/C18H21N3O5S2/c1-2-20(15-6-4-3-5-7-15)28(25,26)16-8-9-17(18(14-16)21(22)23)19-10-12-27(24)13-11-19/h3-9,14H,2,10-13H2,1H3. The number of anilines is 2. The normalized spacial score (nSPS) is 15.4. The number of benzene rings is 2. The lowest BCUT2D eigenvalue weighted by Crippen LogP contribution is -2.38. The van der Waals surface area contributed by atoms with E-state index in [4.69, 9.17) is 0 Å². The molecule has 1 fully saturated rings. The summed E-state index contributed by atoms with van der Waals surface area (Å²) < 4.78 is 39.0. The fourth-order valence-electron chi connectivity index (χ4n) is 3.17. The highest BCUT2D eigenvalue weighted by Gasteiger charge is 2.29. The van der Waals surface area contributed by atoms with E-state index in [0.29, 0.717) is 36.0 Å². The Morgan fingerprint density at radius 2 is 1.79 bits per heavy atom. The van der Waals surface area contributed by atoms with Gasteiger partial charge >= 0.3 is 0 Å². The maximum absolute atomic E-state index is 13.1. The van der Waals surface area contributed by atoms with Crippen molar-refractivity contribution in [1.82, 2.24) is 0 Å². The first-order valence-corrected chi connectivity index (χ1v) is 11.7. The van der Waals surface area contributed by atoms with Crippen LogP contribution in [-0.2, 0) is 20.8 Å². The van der Waals surface area contributed by atoms with Crippen LogP contribution in [0, 0.1) is 10.1 Å². The Hall–Kier alpha value is -2.46. The predicted octanol–water partition coefficient (Wildman–Crippen LogP) is 2.38. The molecule has 28 heavy (non-hydrogen) atoms. The molecule has 0 aliphatic carbocycles. The van der Waals surface area contributed by atoms with Crippen molar-refractivity contribution in [2.75, 3.05) is 40.3 Å². The van der Waals surface area contributed by atoms with Crippen LogP contribution in [0.25, 0.3) is 0 Å². The summed E-state index contributed by atoms with van der Waals surface area (Å²) in [5.41, 5.74) is 0.580. The van der Waals surface area contributed by atoms with Crippen molar-refractivity contribution in [3.05, 3.63) is 58.6 Å². The van der Waals surface area contributed by atoms with Crippen molar-refractivity contribution in [3.8, 4) is 0 Å². The summed E-state index contributed by atoms with van der Waals surface area (Å²) in [6.45, 7) is 2.77. The number of rotatable bonds is 6. The van der Waals surface area contributed by atoms with Gasteiger partial charge in [0.2, 0.25) is 0 Å². The first-order valence-electron chi connectivity index (χ1n) is 8.80. The van der Waals surface area contributed by atoms with Crippen LogP contribution >= 0.6 is 0 Å². The number of sulfonamides is 1. The third-order valence-electron chi connectivity index (χ3n) is 4.58. The van der Waals surface area contributed by atoms with Crippen molar-refractivity contribution in [1.29, 1.82) is 0 Å². The number of para-hydroxylation sites is 1. The molecule has 0 N–H and O–H groups in total. The summed E-state index contributed by atoms with van der Waals surface area (Å²) >= 11 is 0. The smallest absolute Gasteiger partial charge is 0.293 e. The Morgan fingerprint density at radius 1 is 1.14 bits per heavy atom. The zero-order valence-electron chi connectivity index (χ0n) is 15.4. The molecule has 2 aromatic rings. The Balaban J connectivity index is 2.01. The summed E-state index contributed by atoms with van der Waals surface area (Å²) in [6, 6.07) is 12.6. The average Bonchev–Trinajstić information content (AvgIpc) is 2.69. The molecule has 0 saturated carbocycles. The number of hydrogen-bond acceptors (Lipinski definition) is 6. The maximum atomic E-state index is 13.1. The maximum Gasteiger partial charge on any atom is 0.293 e. The van der Waals surface area contributed by atoms with Crippen LogP contribution in [0.5, 0.6) is 0 Å². The van der Waals surface area contributed by atoms with E-state index in [1.165, 1.54) is 16.4 Å². The van der Waals surface area contributed by atoms with Gasteiger partial charge in [-0.25, -0.2) is 8.42 Å². The molecular weight excluding hydrogens is 402 g/mol. The topological polar surface area (TPSA) is 101 Å². The Morgan fingerprint density at radius 3 is 2.36 bits per heavy atom. The third kappa shape index (κ3) is 4.02. The molecule has 0 spiro atoms. The third-order valence-corrected chi connectivity index (χ3v) is 7.76. The van der Waals surface area contributed by atoms with Crippen molar-refractivity contribution in [2.24, 2.45) is 0 Å². The van der Waals surface area contributed by atoms with Gasteiger partial charge in [-0.15, -0.1) is 0 Å². The highest BCUT2D eigenvalue weighted by atomic mass is 32.2. The lowest BCUT2D eigenvalue weighted by molar-refractivity contribution is -0.384. The molecule has 1 heterocycles. The lowest BCUT2D eigenvalue weighted by Gasteiger charge is -2.28. The Labute approximate surface area is 166 Å². The minimum atomic E-state index is -3.95. The zero-order chi connectivity index (χ0) is 20.3. The van der Waals surface area contributed by atoms with Gasteiger partial charge in [0.05, 0.1) is 15.5 Å². The van der Waals surface area contributed by atoms with Gasteiger partial charge in [0.25, 0.3) is 15.7 Å². The van der Waals surface area contributed by atoms with E-state index < -0.39 is 25.7 Å². The summed E-state index contributed by atoms with van der Waals surface area (Å²) in [7, 11) is -4.87. The van der Waals surface area contributed by atoms with Crippen molar-refractivity contribution >= 4 is 37.9 Å². The highest BCUT2D eigenvalue weighted by Crippen LogP contribution is 2.33. The molecule has 10 heteroatoms. The van der Waals surface area contributed by atoms with Crippen LogP contribution < -0.4 is 9.21 Å². The van der Waals surface area contributed by atoms with Gasteiger partial charge < -0.3 is 4.90 Å². The second kappa shape index (κ2) is 8.27. The predicted molar refractivity (Wildman–Crippen MR) is 110 cm³/mol. The van der Waals surface area contributed by atoms with E-state index in [1.54, 1.807) is 42.2 Å². The van der Waals surface area contributed by atoms with E-state index in [0.717, 1.165) is 6.07 Å². The van der Waals surface area contributed by atoms with Gasteiger partial charge in [0.15, 0.2) is 0 Å². The first-order chi connectivity index (χ1) is 13.3. The van der Waals surface area contributed by atoms with Gasteiger partial charge in [0, 0.05) is 48.0 Å². The number of nitro benzene ring substituents is 1. The molecule has 8 nitrogen and oxygen atoms in total. The summed E-state index contributed by atoms with van der Waals surface area (Å²) in [5, 5.41) is 11.6. The van der Waals surface area contributed by atoms with Crippen molar-refractivity contribution in [2.45, 2.75) is 11.8 Å². The molecule has 3 rings (SSSR count). The Bertz CT molecular complexity index is 986. The Kier molecular flexibility index (Phi) is 5.99. The molecule has 150 valence electrons. The average molecular weight is 424 g/mol. The molecule has 1 aliphatic rings. The molecule has 0 radical (unpaired) electrons. The molecule has 1 aliphatic heterocycles. The van der Waals surface area contributed by atoms with E-state index in [1.807, 2.05) is 0 Å². The fraction of sp³-hybridized carbons (Fsp3) is 0.333. The summed E-state index contributed by atoms with van der Waals surface area (Å²) in [6.07, 6.45) is 0. The van der Waals surface area contributed by atoms with Crippen LogP contribution in [-0.4, -0.2) is 48.7 Å². The molecule has 0 unspecified atom stereocenters. The number of nitro groups is 1. The second-order valence-electron chi connectivity index (χ2n) is 6.25. The van der Waals surface area contributed by atoms with E-state index >= 15 is 0 Å². The lowest BCUT2D eigenvalue weighted by atomic mass is 10.2. The van der Waals surface area contributed by atoms with E-state index in [2.05, 4.69) is 0 Å². The monoisotopic (exact) mass is 423 g/mol. The van der Waals surface area contributed by atoms with Crippen molar-refractivity contribution < 1.29 is 17.6 Å². The van der Waals surface area contributed by atoms with Crippen molar-refractivity contribution in [3.63, 3.8) is 0 Å². The van der Waals surface area contributed by atoms with Gasteiger partial charge in [-0.2, -0.15) is 0 Å². The molecule has 0 bridgehead atoms. The molecule has 0 aromatic heterocycles. The van der Waals surface area contributed by atoms with Crippen LogP contribution in [0.1, 0.15) is 6.92 Å². The summed E-state index contributed by atoms with van der Waals surface area (Å²) in [4.78, 5) is 12.7. The van der Waals surface area contributed by atoms with Crippen LogP contribution in [0.2, 0.25) is 0 Å². The van der Waals surface area contributed by atoms with Crippen LogP contribution in [0.15, 0.2) is 53.4 Å². The summed E-state index contributed by atoms with van der Waals surface area (Å²) in [5.74, 6) is 0.879. The minimum Gasteiger partial charge on any atom is -0.364 e. The quantitative estimate of drug-likeness (QED) is 0.522. The molecule has 0 amide bonds. The number of nitrogens with zero attached hydrogens (tertiary/aromatic N) is 3. The largest absolute Gasteiger partial charge is 0.364 e. The SMILES string of the molecule is CCN(c1ccccc1)S(=O)(=O)c1ccc(N2CCS(=O)CC2)c([N+](=O)[O-])c1. The van der Waals surface area contributed by atoms with Crippen LogP contribution in [0.4, 0.5) is 17.1 Å². The zero-order valence-corrected chi connectivity index (χ0v) is 17.0. The molecule has 0 atom stereocenters. The minimum absolute atomic E-state index is 0.130. The first kappa shape index (κ1) is 20.3. The van der Waals surface area contributed by atoms with E-state index in [-0.39, 0.29) is 17.1 Å². The molecular formula is C18H21N3O5S2. The highest BCUT2D eigenvalue weighted by molar-refractivity contribution is 7.92. The fourth-order valence-corrected chi connectivity index (χ4v) is 5.72. The van der Waals surface area contributed by atoms with Crippen LogP contribution in [0.3, 0.4) is 0 Å². The second-order valence-corrected chi connectivity index (χ2v) is 9.81. The van der Waals surface area contributed by atoms with E-state index in [9.17, 15) is 22.7 Å².